The van der Waals surface area contributed by atoms with Crippen molar-refractivity contribution >= 4 is 11.0 Å². The van der Waals surface area contributed by atoms with E-state index in [4.69, 9.17) is 4.52 Å². The average molecular weight is 324 g/mol. The molecule has 2 heterocycles. The van der Waals surface area contributed by atoms with E-state index in [1.54, 1.807) is 24.3 Å². The molecule has 2 aromatic heterocycles. The Hall–Kier alpha value is -2.38. The molecule has 0 atom stereocenters. The summed E-state index contributed by atoms with van der Waals surface area (Å²) in [5, 5.41) is 3.81. The number of aromatic nitrogens is 4. The fourth-order valence-corrected chi connectivity index (χ4v) is 2.39. The highest BCUT2D eigenvalue weighted by atomic mass is 19.4. The third-order valence-electron chi connectivity index (χ3n) is 3.30. The molecule has 1 aromatic carbocycles. The zero-order chi connectivity index (χ0) is 16.6. The van der Waals surface area contributed by atoms with Gasteiger partial charge in [-0.25, -0.2) is 4.98 Å². The maximum absolute atomic E-state index is 13.2. The summed E-state index contributed by atoms with van der Waals surface area (Å²) in [5.74, 6) is -0.00939. The molecule has 23 heavy (non-hydrogen) atoms. The van der Waals surface area contributed by atoms with Gasteiger partial charge in [-0.1, -0.05) is 31.1 Å². The number of fused-ring (bicyclic) bond motifs is 1. The summed E-state index contributed by atoms with van der Waals surface area (Å²) in [6.45, 7) is 3.84. The van der Waals surface area contributed by atoms with E-state index in [9.17, 15) is 13.2 Å². The smallest absolute Gasteiger partial charge is 0.337 e. The fraction of sp³-hybridized carbons (Fsp3) is 0.400. The third kappa shape index (κ3) is 3.20. The third-order valence-corrected chi connectivity index (χ3v) is 3.30. The van der Waals surface area contributed by atoms with E-state index in [1.165, 1.54) is 0 Å². The van der Waals surface area contributed by atoms with E-state index in [1.807, 2.05) is 13.8 Å². The van der Waals surface area contributed by atoms with Crippen molar-refractivity contribution in [3.63, 3.8) is 0 Å². The maximum Gasteiger partial charge on any atom is 0.449 e. The predicted octanol–water partition coefficient (Wildman–Crippen LogP) is 3.68. The summed E-state index contributed by atoms with van der Waals surface area (Å²) in [5.41, 5.74) is 0.658. The number of hydrogen-bond donors (Lipinski definition) is 0. The van der Waals surface area contributed by atoms with Crippen molar-refractivity contribution in [1.82, 2.24) is 19.7 Å². The summed E-state index contributed by atoms with van der Waals surface area (Å²) in [6.07, 6.45) is -3.94. The molecule has 3 aromatic rings. The Balaban J connectivity index is 2.00. The van der Waals surface area contributed by atoms with Gasteiger partial charge in [0.15, 0.2) is 5.82 Å². The van der Waals surface area contributed by atoms with Crippen molar-refractivity contribution in [1.29, 1.82) is 0 Å². The standard InChI is InChI=1S/C15H15F3N4O/c1-9(2)7-12-20-13(23-21-12)8-22-11-6-4-3-5-10(11)19-14(22)15(16,17)18/h3-6,9H,7-8H2,1-2H3. The van der Waals surface area contributed by atoms with Gasteiger partial charge in [0, 0.05) is 6.42 Å². The van der Waals surface area contributed by atoms with Gasteiger partial charge in [0.2, 0.25) is 11.7 Å². The van der Waals surface area contributed by atoms with Gasteiger partial charge in [-0.3, -0.25) is 0 Å². The number of hydrogen-bond acceptors (Lipinski definition) is 4. The molecule has 0 unspecified atom stereocenters. The molecule has 0 fully saturated rings. The first kappa shape index (κ1) is 15.5. The van der Waals surface area contributed by atoms with E-state index < -0.39 is 12.0 Å². The molecule has 0 bridgehead atoms. The van der Waals surface area contributed by atoms with Gasteiger partial charge < -0.3 is 9.09 Å². The number of benzene rings is 1. The predicted molar refractivity (Wildman–Crippen MR) is 76.7 cm³/mol. The van der Waals surface area contributed by atoms with Crippen LogP contribution in [0, 0.1) is 5.92 Å². The molecular weight excluding hydrogens is 309 g/mol. The van der Waals surface area contributed by atoms with Crippen molar-refractivity contribution in [2.75, 3.05) is 0 Å². The van der Waals surface area contributed by atoms with E-state index in [0.29, 0.717) is 23.7 Å². The number of rotatable bonds is 4. The van der Waals surface area contributed by atoms with Crippen LogP contribution in [0.5, 0.6) is 0 Å². The van der Waals surface area contributed by atoms with Crippen LogP contribution in [-0.4, -0.2) is 19.7 Å². The first-order valence-corrected chi connectivity index (χ1v) is 7.18. The van der Waals surface area contributed by atoms with Crippen LogP contribution in [0.15, 0.2) is 28.8 Å². The van der Waals surface area contributed by atoms with Gasteiger partial charge in [-0.15, -0.1) is 0 Å². The van der Waals surface area contributed by atoms with Crippen molar-refractivity contribution < 1.29 is 17.7 Å². The number of alkyl halides is 3. The van der Waals surface area contributed by atoms with Crippen molar-refractivity contribution in [3.05, 3.63) is 41.8 Å². The lowest BCUT2D eigenvalue weighted by molar-refractivity contribution is -0.146. The number of para-hydroxylation sites is 2. The summed E-state index contributed by atoms with van der Waals surface area (Å²) in [7, 11) is 0. The topological polar surface area (TPSA) is 56.7 Å². The summed E-state index contributed by atoms with van der Waals surface area (Å²) in [4.78, 5) is 7.84. The Morgan fingerprint density at radius 1 is 1.17 bits per heavy atom. The molecule has 0 aliphatic heterocycles. The average Bonchev–Trinajstić information content (AvgIpc) is 3.03. The van der Waals surface area contributed by atoms with E-state index in [2.05, 4.69) is 15.1 Å². The SMILES string of the molecule is CC(C)Cc1noc(Cn2c(C(F)(F)F)nc3ccccc32)n1. The Bertz CT molecular complexity index is 820. The van der Waals surface area contributed by atoms with Gasteiger partial charge in [0.25, 0.3) is 0 Å². The molecule has 3 rings (SSSR count). The van der Waals surface area contributed by atoms with Gasteiger partial charge in [0.1, 0.15) is 6.54 Å². The van der Waals surface area contributed by atoms with Crippen molar-refractivity contribution in [2.24, 2.45) is 5.92 Å². The van der Waals surface area contributed by atoms with Crippen LogP contribution in [0.2, 0.25) is 0 Å². The minimum atomic E-state index is -4.56. The van der Waals surface area contributed by atoms with Gasteiger partial charge in [-0.2, -0.15) is 18.2 Å². The molecule has 122 valence electrons. The Labute approximate surface area is 130 Å². The van der Waals surface area contributed by atoms with Crippen LogP contribution in [0.1, 0.15) is 31.4 Å². The molecule has 8 heteroatoms. The Morgan fingerprint density at radius 3 is 2.61 bits per heavy atom. The molecule has 0 aliphatic carbocycles. The number of halogens is 3. The summed E-state index contributed by atoms with van der Waals surface area (Å²) in [6, 6.07) is 6.44. The lowest BCUT2D eigenvalue weighted by atomic mass is 10.1. The van der Waals surface area contributed by atoms with Crippen LogP contribution in [0.4, 0.5) is 13.2 Å². The summed E-state index contributed by atoms with van der Waals surface area (Å²) < 4.78 is 45.8. The summed E-state index contributed by atoms with van der Waals surface area (Å²) >= 11 is 0. The second-order valence-electron chi connectivity index (χ2n) is 5.71. The van der Waals surface area contributed by atoms with Crippen LogP contribution in [0.25, 0.3) is 11.0 Å². The van der Waals surface area contributed by atoms with Crippen LogP contribution in [0.3, 0.4) is 0 Å². The quantitative estimate of drug-likeness (QED) is 0.734. The monoisotopic (exact) mass is 324 g/mol. The van der Waals surface area contributed by atoms with Gasteiger partial charge >= 0.3 is 6.18 Å². The minimum absolute atomic E-state index is 0.134. The Morgan fingerprint density at radius 2 is 1.91 bits per heavy atom. The highest BCUT2D eigenvalue weighted by Gasteiger charge is 2.37. The van der Waals surface area contributed by atoms with Crippen molar-refractivity contribution in [3.8, 4) is 0 Å². The van der Waals surface area contributed by atoms with Crippen LogP contribution in [-0.2, 0) is 19.1 Å². The second kappa shape index (κ2) is 5.68. The minimum Gasteiger partial charge on any atom is -0.337 e. The Kier molecular flexibility index (Phi) is 3.83. The first-order chi connectivity index (χ1) is 10.8. The zero-order valence-corrected chi connectivity index (χ0v) is 12.6. The zero-order valence-electron chi connectivity index (χ0n) is 12.6. The van der Waals surface area contributed by atoms with E-state index in [0.717, 1.165) is 4.57 Å². The molecule has 0 amide bonds. The maximum atomic E-state index is 13.2. The van der Waals surface area contributed by atoms with E-state index >= 15 is 0 Å². The molecular formula is C15H15F3N4O. The van der Waals surface area contributed by atoms with Gasteiger partial charge in [-0.05, 0) is 18.1 Å². The molecule has 0 saturated carbocycles. The van der Waals surface area contributed by atoms with Gasteiger partial charge in [0.05, 0.1) is 11.0 Å². The molecule has 0 N–H and O–H groups in total. The fourth-order valence-electron chi connectivity index (χ4n) is 2.39. The molecule has 0 radical (unpaired) electrons. The number of imidazole rings is 1. The first-order valence-electron chi connectivity index (χ1n) is 7.18. The molecule has 0 saturated heterocycles. The van der Waals surface area contributed by atoms with E-state index in [-0.39, 0.29) is 18.0 Å². The van der Waals surface area contributed by atoms with Crippen LogP contribution >= 0.6 is 0 Å². The lowest BCUT2D eigenvalue weighted by Gasteiger charge is -2.09. The van der Waals surface area contributed by atoms with Crippen molar-refractivity contribution in [2.45, 2.75) is 33.0 Å². The molecule has 0 aliphatic rings. The second-order valence-corrected chi connectivity index (χ2v) is 5.71. The largest absolute Gasteiger partial charge is 0.449 e. The number of nitrogens with zero attached hydrogens (tertiary/aromatic N) is 4. The highest BCUT2D eigenvalue weighted by molar-refractivity contribution is 5.76. The molecule has 5 nitrogen and oxygen atoms in total. The normalized spacial score (nSPS) is 12.4. The lowest BCUT2D eigenvalue weighted by Crippen LogP contribution is -2.15. The molecule has 0 spiro atoms. The van der Waals surface area contributed by atoms with Crippen LogP contribution < -0.4 is 0 Å². The highest BCUT2D eigenvalue weighted by Crippen LogP contribution is 2.31.